The normalized spacial score (nSPS) is 23.5. The Balaban J connectivity index is 1.85. The minimum Gasteiger partial charge on any atom is -0.481 e. The van der Waals surface area contributed by atoms with E-state index in [1.807, 2.05) is 32.0 Å². The van der Waals surface area contributed by atoms with Gasteiger partial charge >= 0.3 is 5.97 Å². The molecule has 1 saturated heterocycles. The van der Waals surface area contributed by atoms with Crippen LogP contribution in [0.3, 0.4) is 0 Å². The maximum Gasteiger partial charge on any atom is 0.310 e. The number of fused-ring (bicyclic) bond motifs is 1. The molecule has 1 N–H and O–H groups in total. The van der Waals surface area contributed by atoms with Gasteiger partial charge in [-0.25, -0.2) is 0 Å². The van der Waals surface area contributed by atoms with Crippen LogP contribution >= 0.6 is 0 Å². The maximum atomic E-state index is 11.5. The van der Waals surface area contributed by atoms with Gasteiger partial charge < -0.3 is 9.52 Å². The number of carboxylic acids is 1. The van der Waals surface area contributed by atoms with Crippen LogP contribution in [-0.4, -0.2) is 29.1 Å². The molecule has 2 aromatic rings. The Morgan fingerprint density at radius 2 is 2.19 bits per heavy atom. The zero-order valence-corrected chi connectivity index (χ0v) is 12.6. The van der Waals surface area contributed by atoms with Crippen molar-refractivity contribution in [1.82, 2.24) is 4.90 Å². The number of likely N-dealkylation sites (tertiary alicyclic amines) is 1. The van der Waals surface area contributed by atoms with E-state index in [1.165, 1.54) is 5.56 Å². The molecular weight excluding hydrogens is 266 g/mol. The monoisotopic (exact) mass is 287 g/mol. The summed E-state index contributed by atoms with van der Waals surface area (Å²) in [6.07, 6.45) is 1.68. The number of rotatable bonds is 3. The molecule has 112 valence electrons. The first-order chi connectivity index (χ1) is 9.99. The first-order valence-corrected chi connectivity index (χ1v) is 7.42. The van der Waals surface area contributed by atoms with E-state index in [1.54, 1.807) is 0 Å². The van der Waals surface area contributed by atoms with E-state index in [0.717, 1.165) is 42.7 Å². The minimum absolute atomic E-state index is 0.598. The predicted octanol–water partition coefficient (Wildman–Crippen LogP) is 3.43. The highest BCUT2D eigenvalue weighted by atomic mass is 16.4. The summed E-state index contributed by atoms with van der Waals surface area (Å²) in [6, 6.07) is 8.03. The van der Waals surface area contributed by atoms with Gasteiger partial charge in [-0.1, -0.05) is 18.2 Å². The Morgan fingerprint density at radius 3 is 2.95 bits per heavy atom. The van der Waals surface area contributed by atoms with E-state index in [2.05, 4.69) is 11.0 Å². The maximum absolute atomic E-state index is 11.5. The molecule has 0 aliphatic carbocycles. The van der Waals surface area contributed by atoms with E-state index >= 15 is 0 Å². The third-order valence-corrected chi connectivity index (χ3v) is 4.57. The third kappa shape index (κ3) is 2.56. The number of furan rings is 1. The Labute approximate surface area is 124 Å². The molecule has 1 aromatic heterocycles. The largest absolute Gasteiger partial charge is 0.481 e. The minimum atomic E-state index is -0.694. The first-order valence-electron chi connectivity index (χ1n) is 7.42. The van der Waals surface area contributed by atoms with E-state index in [9.17, 15) is 9.90 Å². The molecule has 1 aromatic carbocycles. The smallest absolute Gasteiger partial charge is 0.310 e. The van der Waals surface area contributed by atoms with Crippen LogP contribution in [0.2, 0.25) is 0 Å². The molecule has 4 nitrogen and oxygen atoms in total. The number of benzene rings is 1. The predicted molar refractivity (Wildman–Crippen MR) is 81.2 cm³/mol. The highest BCUT2D eigenvalue weighted by Crippen LogP contribution is 2.32. The van der Waals surface area contributed by atoms with Crippen LogP contribution in [0.5, 0.6) is 0 Å². The number of carbonyl (C=O) groups is 1. The van der Waals surface area contributed by atoms with Gasteiger partial charge in [0, 0.05) is 24.0 Å². The second kappa shape index (κ2) is 5.19. The second-order valence-electron chi connectivity index (χ2n) is 6.31. The van der Waals surface area contributed by atoms with Crippen molar-refractivity contribution in [2.45, 2.75) is 33.2 Å². The van der Waals surface area contributed by atoms with Gasteiger partial charge in [0.05, 0.1) is 5.41 Å². The molecule has 0 bridgehead atoms. The van der Waals surface area contributed by atoms with Crippen LogP contribution in [0, 0.1) is 12.3 Å². The molecule has 0 saturated carbocycles. The van der Waals surface area contributed by atoms with Crippen LogP contribution in [-0.2, 0) is 11.3 Å². The van der Waals surface area contributed by atoms with Crippen molar-refractivity contribution in [2.24, 2.45) is 5.41 Å². The molecule has 0 amide bonds. The Hall–Kier alpha value is -1.81. The molecule has 1 unspecified atom stereocenters. The van der Waals surface area contributed by atoms with Crippen LogP contribution in [0.1, 0.15) is 31.1 Å². The van der Waals surface area contributed by atoms with Crippen molar-refractivity contribution in [3.63, 3.8) is 0 Å². The summed E-state index contributed by atoms with van der Waals surface area (Å²) >= 11 is 0. The van der Waals surface area contributed by atoms with Crippen molar-refractivity contribution in [3.05, 3.63) is 35.6 Å². The van der Waals surface area contributed by atoms with Gasteiger partial charge in [-0.05, 0) is 39.3 Å². The van der Waals surface area contributed by atoms with Crippen molar-refractivity contribution in [2.75, 3.05) is 13.1 Å². The van der Waals surface area contributed by atoms with Gasteiger partial charge in [0.2, 0.25) is 0 Å². The lowest BCUT2D eigenvalue weighted by Crippen LogP contribution is -2.45. The summed E-state index contributed by atoms with van der Waals surface area (Å²) in [5, 5.41) is 10.6. The van der Waals surface area contributed by atoms with Gasteiger partial charge in [0.15, 0.2) is 0 Å². The number of aryl methyl sites for hydroxylation is 1. The molecule has 1 atom stereocenters. The number of aliphatic carboxylic acids is 1. The van der Waals surface area contributed by atoms with Crippen molar-refractivity contribution in [3.8, 4) is 0 Å². The summed E-state index contributed by atoms with van der Waals surface area (Å²) in [4.78, 5) is 13.7. The number of para-hydroxylation sites is 1. The molecule has 1 aliphatic heterocycles. The van der Waals surface area contributed by atoms with E-state index < -0.39 is 11.4 Å². The fourth-order valence-corrected chi connectivity index (χ4v) is 3.30. The van der Waals surface area contributed by atoms with Crippen molar-refractivity contribution < 1.29 is 14.3 Å². The van der Waals surface area contributed by atoms with E-state index in [-0.39, 0.29) is 0 Å². The van der Waals surface area contributed by atoms with Crippen LogP contribution < -0.4 is 0 Å². The molecular formula is C17H21NO3. The Bertz CT molecular complexity index is 676. The van der Waals surface area contributed by atoms with Crippen molar-refractivity contribution in [1.29, 1.82) is 0 Å². The molecule has 1 fully saturated rings. The summed E-state index contributed by atoms with van der Waals surface area (Å²) < 4.78 is 5.80. The van der Waals surface area contributed by atoms with Crippen LogP contribution in [0.15, 0.2) is 28.7 Å². The number of carboxylic acid groups (broad SMARTS) is 1. The van der Waals surface area contributed by atoms with Crippen LogP contribution in [0.4, 0.5) is 0 Å². The quantitative estimate of drug-likeness (QED) is 0.939. The molecule has 3 rings (SSSR count). The summed E-state index contributed by atoms with van der Waals surface area (Å²) in [7, 11) is 0. The molecule has 2 heterocycles. The Morgan fingerprint density at radius 1 is 1.43 bits per heavy atom. The molecule has 0 spiro atoms. The zero-order chi connectivity index (χ0) is 15.0. The Kier molecular flexibility index (Phi) is 3.49. The van der Waals surface area contributed by atoms with E-state index in [4.69, 9.17) is 4.42 Å². The number of hydrogen-bond donors (Lipinski definition) is 1. The summed E-state index contributed by atoms with van der Waals surface area (Å²) in [6.45, 7) is 6.13. The molecule has 0 radical (unpaired) electrons. The molecule has 21 heavy (non-hydrogen) atoms. The highest BCUT2D eigenvalue weighted by Gasteiger charge is 2.38. The third-order valence-electron chi connectivity index (χ3n) is 4.57. The van der Waals surface area contributed by atoms with Gasteiger partial charge in [-0.2, -0.15) is 0 Å². The topological polar surface area (TPSA) is 53.7 Å². The lowest BCUT2D eigenvalue weighted by atomic mass is 9.82. The van der Waals surface area contributed by atoms with Gasteiger partial charge in [-0.3, -0.25) is 9.69 Å². The SMILES string of the molecule is Cc1oc2ccccc2c1CN1CCCC(C)(C(=O)O)C1. The van der Waals surface area contributed by atoms with Gasteiger partial charge in [-0.15, -0.1) is 0 Å². The lowest BCUT2D eigenvalue weighted by molar-refractivity contribution is -0.151. The first kappa shape index (κ1) is 14.1. The fourth-order valence-electron chi connectivity index (χ4n) is 3.30. The van der Waals surface area contributed by atoms with Gasteiger partial charge in [0.25, 0.3) is 0 Å². The molecule has 1 aliphatic rings. The number of hydrogen-bond acceptors (Lipinski definition) is 3. The average molecular weight is 287 g/mol. The number of nitrogens with zero attached hydrogens (tertiary/aromatic N) is 1. The van der Waals surface area contributed by atoms with Gasteiger partial charge in [0.1, 0.15) is 11.3 Å². The summed E-state index contributed by atoms with van der Waals surface area (Å²) in [5.74, 6) is 0.236. The molecule has 4 heteroatoms. The lowest BCUT2D eigenvalue weighted by Gasteiger charge is -2.37. The second-order valence-corrected chi connectivity index (χ2v) is 6.31. The van der Waals surface area contributed by atoms with Crippen LogP contribution in [0.25, 0.3) is 11.0 Å². The fraction of sp³-hybridized carbons (Fsp3) is 0.471. The van der Waals surface area contributed by atoms with E-state index in [0.29, 0.717) is 6.54 Å². The zero-order valence-electron chi connectivity index (χ0n) is 12.6. The average Bonchev–Trinajstić information content (AvgIpc) is 2.75. The highest BCUT2D eigenvalue weighted by molar-refractivity contribution is 5.82. The van der Waals surface area contributed by atoms with Crippen molar-refractivity contribution >= 4 is 16.9 Å². The number of piperidine rings is 1. The summed E-state index contributed by atoms with van der Waals surface area (Å²) in [5.41, 5.74) is 1.45. The standard InChI is InChI=1S/C17H21NO3/c1-12-14(13-6-3-4-7-15(13)21-12)10-18-9-5-8-17(2,11-18)16(19)20/h3-4,6-7H,5,8-11H2,1-2H3,(H,19,20).